The smallest absolute Gasteiger partial charge is 0.166 e. The summed E-state index contributed by atoms with van der Waals surface area (Å²) in [4.78, 5) is 0. The van der Waals surface area contributed by atoms with E-state index >= 15 is 0 Å². The molecule has 0 aliphatic carbocycles. The first-order chi connectivity index (χ1) is 9.40. The van der Waals surface area contributed by atoms with Crippen LogP contribution in [-0.4, -0.2) is 11.3 Å². The van der Waals surface area contributed by atoms with Crippen LogP contribution in [0.2, 0.25) is 0 Å². The van der Waals surface area contributed by atoms with E-state index in [-0.39, 0.29) is 23.1 Å². The third-order valence-corrected chi connectivity index (χ3v) is 2.92. The molecule has 2 aromatic rings. The van der Waals surface area contributed by atoms with E-state index < -0.39 is 29.4 Å². The molecule has 0 saturated heterocycles. The maximum atomic E-state index is 13.9. The molecule has 0 aromatic heterocycles. The zero-order chi connectivity index (χ0) is 14.9. The van der Waals surface area contributed by atoms with Gasteiger partial charge in [-0.15, -0.1) is 0 Å². The Morgan fingerprint density at radius 2 is 1.75 bits per heavy atom. The zero-order valence-corrected chi connectivity index (χ0v) is 10.6. The summed E-state index contributed by atoms with van der Waals surface area (Å²) < 4.78 is 53.8. The highest BCUT2D eigenvalue weighted by molar-refractivity contribution is 5.65. The lowest BCUT2D eigenvalue weighted by Gasteiger charge is -2.10. The van der Waals surface area contributed by atoms with Gasteiger partial charge in [0.15, 0.2) is 23.2 Å². The predicted octanol–water partition coefficient (Wildman–Crippen LogP) is 4.38. The molecular formula is C15H12F4O. The quantitative estimate of drug-likeness (QED) is 0.829. The molecule has 0 saturated carbocycles. The molecule has 0 radical (unpaired) electrons. The van der Waals surface area contributed by atoms with Gasteiger partial charge in [0.1, 0.15) is 6.17 Å². The van der Waals surface area contributed by atoms with Crippen LogP contribution in [0.25, 0.3) is 11.1 Å². The third-order valence-electron chi connectivity index (χ3n) is 2.92. The second kappa shape index (κ2) is 5.53. The summed E-state index contributed by atoms with van der Waals surface area (Å²) in [5.74, 6) is -3.80. The van der Waals surface area contributed by atoms with Crippen LogP contribution in [0.3, 0.4) is 0 Å². The Morgan fingerprint density at radius 3 is 2.35 bits per heavy atom. The molecule has 1 unspecified atom stereocenters. The van der Waals surface area contributed by atoms with Gasteiger partial charge in [-0.2, -0.15) is 0 Å². The number of halogens is 4. The molecule has 2 rings (SSSR count). The van der Waals surface area contributed by atoms with E-state index in [1.807, 2.05) is 0 Å². The molecule has 0 amide bonds. The maximum absolute atomic E-state index is 13.9. The minimum Gasteiger partial charge on any atom is -0.505 e. The van der Waals surface area contributed by atoms with Gasteiger partial charge in [0.25, 0.3) is 0 Å². The van der Waals surface area contributed by atoms with Crippen molar-refractivity contribution in [2.45, 2.75) is 19.5 Å². The van der Waals surface area contributed by atoms with Gasteiger partial charge < -0.3 is 5.11 Å². The van der Waals surface area contributed by atoms with Crippen LogP contribution >= 0.6 is 0 Å². The fraction of sp³-hybridized carbons (Fsp3) is 0.200. The Labute approximate surface area is 113 Å². The summed E-state index contributed by atoms with van der Waals surface area (Å²) in [6, 6.07) is 5.77. The van der Waals surface area contributed by atoms with Crippen molar-refractivity contribution in [1.82, 2.24) is 0 Å². The lowest BCUT2D eigenvalue weighted by molar-refractivity contribution is 0.354. The number of hydrogen-bond acceptors (Lipinski definition) is 1. The number of hydrogen-bond donors (Lipinski definition) is 1. The number of rotatable bonds is 3. The second-order valence-electron chi connectivity index (χ2n) is 4.55. The van der Waals surface area contributed by atoms with Crippen molar-refractivity contribution in [3.05, 3.63) is 53.3 Å². The molecule has 5 heteroatoms. The van der Waals surface area contributed by atoms with Gasteiger partial charge in [0.05, 0.1) is 0 Å². The molecule has 0 heterocycles. The van der Waals surface area contributed by atoms with Gasteiger partial charge in [-0.1, -0.05) is 18.2 Å². The SMILES string of the molecule is CC(F)Cc1ccc(-c2ccc(O)c(F)c2)c(F)c1F. The molecule has 1 N–H and O–H groups in total. The Kier molecular flexibility index (Phi) is 3.97. The molecule has 1 nitrogen and oxygen atoms in total. The van der Waals surface area contributed by atoms with Crippen molar-refractivity contribution in [1.29, 1.82) is 0 Å². The highest BCUT2D eigenvalue weighted by Gasteiger charge is 2.17. The number of phenols is 1. The fourth-order valence-electron chi connectivity index (χ4n) is 1.95. The van der Waals surface area contributed by atoms with Gasteiger partial charge in [-0.3, -0.25) is 0 Å². The molecule has 1 atom stereocenters. The van der Waals surface area contributed by atoms with Crippen molar-refractivity contribution in [2.75, 3.05) is 0 Å². The van der Waals surface area contributed by atoms with E-state index in [1.54, 1.807) is 0 Å². The van der Waals surface area contributed by atoms with Gasteiger partial charge in [-0.25, -0.2) is 17.6 Å². The van der Waals surface area contributed by atoms with E-state index in [0.29, 0.717) is 0 Å². The summed E-state index contributed by atoms with van der Waals surface area (Å²) in [7, 11) is 0. The van der Waals surface area contributed by atoms with Crippen LogP contribution in [0.4, 0.5) is 17.6 Å². The minimum atomic E-state index is -1.29. The van der Waals surface area contributed by atoms with Crippen molar-refractivity contribution in [3.8, 4) is 16.9 Å². The van der Waals surface area contributed by atoms with Crippen molar-refractivity contribution in [3.63, 3.8) is 0 Å². The maximum Gasteiger partial charge on any atom is 0.166 e. The van der Waals surface area contributed by atoms with Crippen LogP contribution in [-0.2, 0) is 6.42 Å². The average molecular weight is 284 g/mol. The van der Waals surface area contributed by atoms with E-state index in [1.165, 1.54) is 25.1 Å². The molecule has 0 spiro atoms. The van der Waals surface area contributed by atoms with Crippen LogP contribution in [0.15, 0.2) is 30.3 Å². The molecule has 0 aliphatic rings. The molecule has 0 fully saturated rings. The number of phenolic OH excluding ortho intramolecular Hbond substituents is 1. The first kappa shape index (κ1) is 14.4. The van der Waals surface area contributed by atoms with Gasteiger partial charge in [0, 0.05) is 12.0 Å². The number of alkyl halides is 1. The molecule has 0 aliphatic heterocycles. The molecule has 0 bridgehead atoms. The Balaban J connectivity index is 2.48. The van der Waals surface area contributed by atoms with Gasteiger partial charge in [-0.05, 0) is 30.2 Å². The number of benzene rings is 2. The second-order valence-corrected chi connectivity index (χ2v) is 4.55. The summed E-state index contributed by atoms with van der Waals surface area (Å²) >= 11 is 0. The molecule has 2 aromatic carbocycles. The molecule has 106 valence electrons. The summed E-state index contributed by atoms with van der Waals surface area (Å²) in [6.45, 7) is 1.25. The van der Waals surface area contributed by atoms with Crippen LogP contribution < -0.4 is 0 Å². The Hall–Kier alpha value is -2.04. The van der Waals surface area contributed by atoms with Crippen molar-refractivity contribution >= 4 is 0 Å². The Bertz CT molecular complexity index is 638. The summed E-state index contributed by atoms with van der Waals surface area (Å²) in [5, 5.41) is 9.07. The topological polar surface area (TPSA) is 20.2 Å². The van der Waals surface area contributed by atoms with Crippen LogP contribution in [0.1, 0.15) is 12.5 Å². The lowest BCUT2D eigenvalue weighted by atomic mass is 10.00. The largest absolute Gasteiger partial charge is 0.505 e. The minimum absolute atomic E-state index is 0.0690. The van der Waals surface area contributed by atoms with Gasteiger partial charge >= 0.3 is 0 Å². The molecule has 20 heavy (non-hydrogen) atoms. The van der Waals surface area contributed by atoms with E-state index in [9.17, 15) is 17.6 Å². The van der Waals surface area contributed by atoms with Crippen LogP contribution in [0, 0.1) is 17.5 Å². The van der Waals surface area contributed by atoms with Crippen molar-refractivity contribution < 1.29 is 22.7 Å². The first-order valence-corrected chi connectivity index (χ1v) is 6.00. The van der Waals surface area contributed by atoms with Crippen molar-refractivity contribution in [2.24, 2.45) is 0 Å². The standard InChI is InChI=1S/C15H12F4O/c1-8(16)6-10-2-4-11(15(19)14(10)18)9-3-5-13(20)12(17)7-9/h2-5,7-8,20H,6H2,1H3. The highest BCUT2D eigenvalue weighted by atomic mass is 19.2. The average Bonchev–Trinajstić information content (AvgIpc) is 2.38. The monoisotopic (exact) mass is 284 g/mol. The van der Waals surface area contributed by atoms with Gasteiger partial charge in [0.2, 0.25) is 0 Å². The first-order valence-electron chi connectivity index (χ1n) is 6.00. The summed E-state index contributed by atoms with van der Waals surface area (Å²) in [5.41, 5.74) is -0.117. The summed E-state index contributed by atoms with van der Waals surface area (Å²) in [6.07, 6.45) is -1.52. The Morgan fingerprint density at radius 1 is 1.05 bits per heavy atom. The third kappa shape index (κ3) is 2.76. The van der Waals surface area contributed by atoms with Crippen LogP contribution in [0.5, 0.6) is 5.75 Å². The predicted molar refractivity (Wildman–Crippen MR) is 67.7 cm³/mol. The van der Waals surface area contributed by atoms with E-state index in [2.05, 4.69) is 0 Å². The zero-order valence-electron chi connectivity index (χ0n) is 10.6. The number of aromatic hydroxyl groups is 1. The highest BCUT2D eigenvalue weighted by Crippen LogP contribution is 2.29. The molecular weight excluding hydrogens is 272 g/mol. The van der Waals surface area contributed by atoms with E-state index in [4.69, 9.17) is 5.11 Å². The fourth-order valence-corrected chi connectivity index (χ4v) is 1.95. The van der Waals surface area contributed by atoms with E-state index in [0.717, 1.165) is 12.1 Å². The lowest BCUT2D eigenvalue weighted by Crippen LogP contribution is -2.04. The normalized spacial score (nSPS) is 12.4.